The number of esters is 1. The van der Waals surface area contributed by atoms with Gasteiger partial charge in [-0.1, -0.05) is 23.9 Å². The number of nitrogens with zero attached hydrogens (tertiary/aromatic N) is 3. The average molecular weight is 427 g/mol. The van der Waals surface area contributed by atoms with E-state index < -0.39 is 5.60 Å². The molecule has 1 aromatic carbocycles. The summed E-state index contributed by atoms with van der Waals surface area (Å²) in [5.41, 5.74) is 1.75. The maximum absolute atomic E-state index is 12.4. The van der Waals surface area contributed by atoms with Crippen LogP contribution in [0.15, 0.2) is 53.9 Å². The van der Waals surface area contributed by atoms with Crippen molar-refractivity contribution >= 4 is 34.7 Å². The van der Waals surface area contributed by atoms with Crippen molar-refractivity contribution in [2.75, 3.05) is 12.3 Å². The molecule has 2 heterocycles. The molecule has 0 bridgehead atoms. The molecule has 7 nitrogen and oxygen atoms in total. The van der Waals surface area contributed by atoms with Crippen LogP contribution in [0.2, 0.25) is 0 Å². The third-order valence-corrected chi connectivity index (χ3v) is 5.15. The van der Waals surface area contributed by atoms with Gasteiger partial charge in [0.05, 0.1) is 16.6 Å². The second-order valence-corrected chi connectivity index (χ2v) is 8.82. The highest BCUT2D eigenvalue weighted by Crippen LogP contribution is 2.25. The Labute approximate surface area is 180 Å². The number of hydrogen-bond acceptors (Lipinski definition) is 6. The van der Waals surface area contributed by atoms with E-state index in [2.05, 4.69) is 15.3 Å². The molecule has 0 spiro atoms. The molecule has 0 saturated carbocycles. The average Bonchev–Trinajstić information content (AvgIpc) is 3.04. The summed E-state index contributed by atoms with van der Waals surface area (Å²) in [6.45, 7) is 6.22. The summed E-state index contributed by atoms with van der Waals surface area (Å²) >= 11 is 1.56. The first-order chi connectivity index (χ1) is 14.3. The molecule has 3 rings (SSSR count). The summed E-state index contributed by atoms with van der Waals surface area (Å²) in [6.07, 6.45) is 3.95. The Hall–Kier alpha value is -2.87. The van der Waals surface area contributed by atoms with Crippen LogP contribution in [0.25, 0.3) is 11.0 Å². The van der Waals surface area contributed by atoms with Crippen LogP contribution in [0.1, 0.15) is 37.6 Å². The third-order valence-electron chi connectivity index (χ3n) is 4.09. The van der Waals surface area contributed by atoms with Crippen molar-refractivity contribution in [2.45, 2.75) is 44.5 Å². The molecule has 2 aromatic heterocycles. The number of amides is 1. The van der Waals surface area contributed by atoms with E-state index in [4.69, 9.17) is 4.74 Å². The van der Waals surface area contributed by atoms with Crippen molar-refractivity contribution in [1.82, 2.24) is 19.9 Å². The van der Waals surface area contributed by atoms with Crippen molar-refractivity contribution in [3.05, 3.63) is 54.4 Å². The number of hydrogen-bond donors (Lipinski definition) is 1. The zero-order chi connectivity index (χ0) is 21.6. The summed E-state index contributed by atoms with van der Waals surface area (Å²) in [7, 11) is 0. The summed E-state index contributed by atoms with van der Waals surface area (Å²) in [5.74, 6) is 0.326. The first kappa shape index (κ1) is 21.8. The van der Waals surface area contributed by atoms with Crippen molar-refractivity contribution in [3.8, 4) is 0 Å². The molecule has 3 aromatic rings. The van der Waals surface area contributed by atoms with Crippen LogP contribution in [0.3, 0.4) is 0 Å². The van der Waals surface area contributed by atoms with Gasteiger partial charge in [-0.2, -0.15) is 0 Å². The Morgan fingerprint density at radius 2 is 1.97 bits per heavy atom. The Balaban J connectivity index is 1.58. The lowest BCUT2D eigenvalue weighted by Crippen LogP contribution is -2.26. The van der Waals surface area contributed by atoms with E-state index in [1.807, 2.05) is 49.6 Å². The molecule has 0 fully saturated rings. The van der Waals surface area contributed by atoms with Crippen LogP contribution in [0.5, 0.6) is 0 Å². The second kappa shape index (κ2) is 9.75. The molecule has 158 valence electrons. The maximum Gasteiger partial charge on any atom is 0.326 e. The first-order valence-electron chi connectivity index (χ1n) is 9.81. The van der Waals surface area contributed by atoms with E-state index in [1.165, 1.54) is 0 Å². The topological polar surface area (TPSA) is 86.1 Å². The number of carbonyl (C=O) groups is 2. The van der Waals surface area contributed by atoms with Crippen LogP contribution in [0.4, 0.5) is 0 Å². The Kier molecular flexibility index (Phi) is 7.10. The number of carbonyl (C=O) groups excluding carboxylic acids is 2. The Morgan fingerprint density at radius 3 is 2.70 bits per heavy atom. The van der Waals surface area contributed by atoms with Gasteiger partial charge in [-0.25, -0.2) is 4.98 Å². The number of pyridine rings is 1. The minimum absolute atomic E-state index is 0.109. The van der Waals surface area contributed by atoms with Crippen molar-refractivity contribution in [3.63, 3.8) is 0 Å². The molecular weight excluding hydrogens is 400 g/mol. The number of ether oxygens (including phenoxy) is 1. The second-order valence-electron chi connectivity index (χ2n) is 7.76. The summed E-state index contributed by atoms with van der Waals surface area (Å²) < 4.78 is 7.37. The zero-order valence-electron chi connectivity index (χ0n) is 17.4. The highest BCUT2D eigenvalue weighted by molar-refractivity contribution is 7.99. The predicted octanol–water partition coefficient (Wildman–Crippen LogP) is 3.69. The monoisotopic (exact) mass is 426 g/mol. The number of imidazole rings is 1. The van der Waals surface area contributed by atoms with Crippen molar-refractivity contribution < 1.29 is 14.3 Å². The minimum Gasteiger partial charge on any atom is -0.459 e. The fourth-order valence-electron chi connectivity index (χ4n) is 2.86. The van der Waals surface area contributed by atoms with Gasteiger partial charge in [0.15, 0.2) is 5.16 Å². The van der Waals surface area contributed by atoms with Crippen molar-refractivity contribution in [1.29, 1.82) is 0 Å². The molecule has 0 aliphatic rings. The molecule has 0 unspecified atom stereocenters. The van der Waals surface area contributed by atoms with Crippen LogP contribution in [-0.4, -0.2) is 44.3 Å². The largest absolute Gasteiger partial charge is 0.459 e. The van der Waals surface area contributed by atoms with Crippen LogP contribution < -0.4 is 5.32 Å². The van der Waals surface area contributed by atoms with Gasteiger partial charge >= 0.3 is 5.97 Å². The number of para-hydroxylation sites is 2. The van der Waals surface area contributed by atoms with Gasteiger partial charge in [-0.15, -0.1) is 0 Å². The molecule has 0 aliphatic carbocycles. The molecule has 1 N–H and O–H groups in total. The van der Waals surface area contributed by atoms with Gasteiger partial charge in [-0.3, -0.25) is 14.6 Å². The molecule has 8 heteroatoms. The highest BCUT2D eigenvalue weighted by atomic mass is 32.2. The minimum atomic E-state index is -0.534. The van der Waals surface area contributed by atoms with E-state index in [0.717, 1.165) is 28.4 Å². The zero-order valence-corrected chi connectivity index (χ0v) is 18.2. The van der Waals surface area contributed by atoms with Gasteiger partial charge in [0.25, 0.3) is 5.91 Å². The Morgan fingerprint density at radius 1 is 1.17 bits per heavy atom. The standard InChI is InChI=1S/C22H26N4O3S/c1-22(2,3)29-19(27)15-26-18-10-5-4-9-17(18)25-21(26)30-13-7-12-24-20(28)16-8-6-11-23-14-16/h4-6,8-11,14H,7,12-13,15H2,1-3H3,(H,24,28). The molecule has 0 radical (unpaired) electrons. The van der Waals surface area contributed by atoms with Gasteiger partial charge in [0, 0.05) is 24.7 Å². The number of nitrogens with one attached hydrogen (secondary N) is 1. The van der Waals surface area contributed by atoms with E-state index >= 15 is 0 Å². The summed E-state index contributed by atoms with van der Waals surface area (Å²) in [6, 6.07) is 11.2. The lowest BCUT2D eigenvalue weighted by Gasteiger charge is -2.20. The fourth-order valence-corrected chi connectivity index (χ4v) is 3.81. The van der Waals surface area contributed by atoms with Crippen LogP contribution in [-0.2, 0) is 16.1 Å². The molecule has 0 aliphatic heterocycles. The first-order valence-corrected chi connectivity index (χ1v) is 10.8. The van der Waals surface area contributed by atoms with Gasteiger partial charge in [0.1, 0.15) is 12.1 Å². The van der Waals surface area contributed by atoms with Crippen molar-refractivity contribution in [2.24, 2.45) is 0 Å². The molecule has 0 atom stereocenters. The SMILES string of the molecule is CC(C)(C)OC(=O)Cn1c(SCCCNC(=O)c2cccnc2)nc2ccccc21. The maximum atomic E-state index is 12.4. The van der Waals surface area contributed by atoms with E-state index in [-0.39, 0.29) is 18.4 Å². The summed E-state index contributed by atoms with van der Waals surface area (Å²) in [4.78, 5) is 33.1. The molecule has 0 saturated heterocycles. The lowest BCUT2D eigenvalue weighted by molar-refractivity contribution is -0.155. The Bertz CT molecular complexity index is 1010. The fraction of sp³-hybridized carbons (Fsp3) is 0.364. The number of benzene rings is 1. The number of thioether (sulfide) groups is 1. The van der Waals surface area contributed by atoms with E-state index in [0.29, 0.717) is 12.1 Å². The normalized spacial score (nSPS) is 11.4. The van der Waals surface area contributed by atoms with Crippen LogP contribution >= 0.6 is 11.8 Å². The van der Waals surface area contributed by atoms with E-state index in [9.17, 15) is 9.59 Å². The lowest BCUT2D eigenvalue weighted by atomic mass is 10.2. The van der Waals surface area contributed by atoms with Crippen LogP contribution in [0, 0.1) is 0 Å². The smallest absolute Gasteiger partial charge is 0.326 e. The predicted molar refractivity (Wildman–Crippen MR) is 117 cm³/mol. The van der Waals surface area contributed by atoms with Gasteiger partial charge in [-0.05, 0) is 51.5 Å². The molecule has 30 heavy (non-hydrogen) atoms. The third kappa shape index (κ3) is 6.06. The van der Waals surface area contributed by atoms with E-state index in [1.54, 1.807) is 36.3 Å². The summed E-state index contributed by atoms with van der Waals surface area (Å²) in [5, 5.41) is 3.66. The van der Waals surface area contributed by atoms with Gasteiger partial charge in [0.2, 0.25) is 0 Å². The highest BCUT2D eigenvalue weighted by Gasteiger charge is 2.19. The number of aromatic nitrogens is 3. The quantitative estimate of drug-likeness (QED) is 0.336. The molecular formula is C22H26N4O3S. The van der Waals surface area contributed by atoms with Gasteiger partial charge < -0.3 is 14.6 Å². The number of fused-ring (bicyclic) bond motifs is 1. The number of rotatable bonds is 8. The molecule has 1 amide bonds.